The molecular weight excluding hydrogens is 468 g/mol. The minimum absolute atomic E-state index is 0.0192. The molecule has 0 radical (unpaired) electrons. The normalized spacial score (nSPS) is 12.9. The molecule has 9 heteroatoms. The van der Waals surface area contributed by atoms with Gasteiger partial charge in [-0.05, 0) is 68.1 Å². The molecule has 0 saturated heterocycles. The summed E-state index contributed by atoms with van der Waals surface area (Å²) in [5.41, 5.74) is 5.12. The highest BCUT2D eigenvalue weighted by atomic mass is 16.5. The van der Waals surface area contributed by atoms with Gasteiger partial charge in [-0.1, -0.05) is 36.3 Å². The molecule has 3 aromatic rings. The maximum atomic E-state index is 13.5. The fourth-order valence-electron chi connectivity index (χ4n) is 4.77. The lowest BCUT2D eigenvalue weighted by Gasteiger charge is -2.30. The average Bonchev–Trinajstić information content (AvgIpc) is 3.52. The predicted octanol–water partition coefficient (Wildman–Crippen LogP) is 2.51. The Morgan fingerprint density at radius 1 is 1.05 bits per heavy atom. The predicted molar refractivity (Wildman–Crippen MR) is 143 cm³/mol. The molecule has 2 amide bonds. The minimum atomic E-state index is -0.127. The summed E-state index contributed by atoms with van der Waals surface area (Å²) in [6.07, 6.45) is 1.70. The first-order valence-electron chi connectivity index (χ1n) is 12.8. The maximum absolute atomic E-state index is 13.5. The lowest BCUT2D eigenvalue weighted by molar-refractivity contribution is -0.130. The Morgan fingerprint density at radius 2 is 1.78 bits per heavy atom. The molecule has 1 heterocycles. The molecule has 9 nitrogen and oxygen atoms in total. The molecule has 0 unspecified atom stereocenters. The second kappa shape index (κ2) is 12.0. The Kier molecular flexibility index (Phi) is 8.55. The van der Waals surface area contributed by atoms with E-state index in [0.717, 1.165) is 36.2 Å². The van der Waals surface area contributed by atoms with E-state index in [1.54, 1.807) is 6.92 Å². The second-order valence-corrected chi connectivity index (χ2v) is 9.54. The van der Waals surface area contributed by atoms with Gasteiger partial charge in [-0.2, -0.15) is 4.98 Å². The summed E-state index contributed by atoms with van der Waals surface area (Å²) < 4.78 is 5.31. The smallest absolute Gasteiger partial charge is 0.257 e. The highest BCUT2D eigenvalue weighted by Crippen LogP contribution is 2.28. The number of likely N-dealkylation sites (N-methyl/N-ethyl adjacent to an activating group) is 2. The first-order chi connectivity index (χ1) is 17.9. The monoisotopic (exact) mass is 504 g/mol. The van der Waals surface area contributed by atoms with E-state index in [-0.39, 0.29) is 30.9 Å². The van der Waals surface area contributed by atoms with Gasteiger partial charge in [0.05, 0.1) is 13.1 Å². The van der Waals surface area contributed by atoms with Crippen molar-refractivity contribution in [3.63, 3.8) is 0 Å². The summed E-state index contributed by atoms with van der Waals surface area (Å²) in [6.45, 7) is 8.01. The van der Waals surface area contributed by atoms with Crippen LogP contribution in [-0.2, 0) is 22.4 Å². The Morgan fingerprint density at radius 3 is 2.41 bits per heavy atom. The molecule has 0 fully saturated rings. The van der Waals surface area contributed by atoms with Crippen LogP contribution in [0.4, 0.5) is 5.69 Å². The number of aromatic nitrogens is 2. The number of hydrogen-bond acceptors (Lipinski definition) is 7. The summed E-state index contributed by atoms with van der Waals surface area (Å²) in [4.78, 5) is 34.3. The van der Waals surface area contributed by atoms with Crippen LogP contribution < -0.4 is 15.5 Å². The lowest BCUT2D eigenvalue weighted by atomic mass is 10.1. The number of nitrogens with one attached hydrogen (secondary N) is 2. The number of aryl methyl sites for hydroxylation is 2. The van der Waals surface area contributed by atoms with Crippen molar-refractivity contribution in [3.8, 4) is 11.5 Å². The summed E-state index contributed by atoms with van der Waals surface area (Å²) in [5, 5.41) is 10.0. The van der Waals surface area contributed by atoms with Crippen LogP contribution >= 0.6 is 0 Å². The van der Waals surface area contributed by atoms with E-state index in [1.165, 1.54) is 11.1 Å². The van der Waals surface area contributed by atoms with E-state index < -0.39 is 0 Å². The third-order valence-corrected chi connectivity index (χ3v) is 6.82. The van der Waals surface area contributed by atoms with Crippen LogP contribution in [0.2, 0.25) is 0 Å². The lowest BCUT2D eigenvalue weighted by Crippen LogP contribution is -2.47. The van der Waals surface area contributed by atoms with E-state index in [0.29, 0.717) is 24.8 Å². The second-order valence-electron chi connectivity index (χ2n) is 9.54. The number of nitrogens with zero attached hydrogens (tertiary/aromatic N) is 4. The third kappa shape index (κ3) is 6.54. The molecule has 196 valence electrons. The zero-order valence-electron chi connectivity index (χ0n) is 22.1. The summed E-state index contributed by atoms with van der Waals surface area (Å²) in [7, 11) is 1.86. The molecular formula is C28H36N6O3. The Labute approximate surface area is 218 Å². The van der Waals surface area contributed by atoms with Gasteiger partial charge in [0.25, 0.3) is 5.89 Å². The molecule has 2 aromatic carbocycles. The van der Waals surface area contributed by atoms with Gasteiger partial charge in [0.2, 0.25) is 11.8 Å². The van der Waals surface area contributed by atoms with Crippen LogP contribution in [0.15, 0.2) is 47.0 Å². The zero-order chi connectivity index (χ0) is 26.4. The van der Waals surface area contributed by atoms with Gasteiger partial charge in [-0.3, -0.25) is 9.59 Å². The quantitative estimate of drug-likeness (QED) is 0.387. The number of benzene rings is 2. The summed E-state index contributed by atoms with van der Waals surface area (Å²) >= 11 is 0. The van der Waals surface area contributed by atoms with E-state index in [9.17, 15) is 9.59 Å². The van der Waals surface area contributed by atoms with Crippen molar-refractivity contribution in [2.45, 2.75) is 39.7 Å². The number of carbonyl (C=O) groups is 2. The molecule has 0 bridgehead atoms. The molecule has 0 aliphatic heterocycles. The topological polar surface area (TPSA) is 104 Å². The molecule has 1 aliphatic carbocycles. The molecule has 2 N–H and O–H groups in total. The Balaban J connectivity index is 1.50. The van der Waals surface area contributed by atoms with Crippen LogP contribution in [0, 0.1) is 13.8 Å². The van der Waals surface area contributed by atoms with Crippen molar-refractivity contribution in [1.29, 1.82) is 0 Å². The van der Waals surface area contributed by atoms with Gasteiger partial charge in [-0.25, -0.2) is 0 Å². The van der Waals surface area contributed by atoms with Crippen molar-refractivity contribution in [1.82, 2.24) is 25.7 Å². The maximum Gasteiger partial charge on any atom is 0.257 e. The highest BCUT2D eigenvalue weighted by molar-refractivity contribution is 5.87. The molecule has 37 heavy (non-hydrogen) atoms. The van der Waals surface area contributed by atoms with Crippen LogP contribution in [0.3, 0.4) is 0 Å². The number of carbonyl (C=O) groups excluding carboxylic acids is 2. The first kappa shape index (κ1) is 26.3. The molecule has 4 rings (SSSR count). The number of anilines is 1. The number of amides is 2. The van der Waals surface area contributed by atoms with Crippen molar-refractivity contribution in [3.05, 3.63) is 65.0 Å². The number of fused-ring (bicyclic) bond motifs is 1. The van der Waals surface area contributed by atoms with Gasteiger partial charge >= 0.3 is 0 Å². The molecule has 1 aliphatic rings. The largest absolute Gasteiger partial charge is 0.353 e. The van der Waals surface area contributed by atoms with E-state index in [4.69, 9.17) is 4.52 Å². The van der Waals surface area contributed by atoms with E-state index in [1.807, 2.05) is 61.0 Å². The van der Waals surface area contributed by atoms with Crippen molar-refractivity contribution in [2.24, 2.45) is 0 Å². The summed E-state index contributed by atoms with van der Waals surface area (Å²) in [6, 6.07) is 14.2. The number of hydrogen-bond donors (Lipinski definition) is 2. The zero-order valence-corrected chi connectivity index (χ0v) is 22.1. The fourth-order valence-corrected chi connectivity index (χ4v) is 4.77. The molecule has 0 atom stereocenters. The summed E-state index contributed by atoms with van der Waals surface area (Å²) in [5.74, 6) is 0.860. The minimum Gasteiger partial charge on any atom is -0.353 e. The van der Waals surface area contributed by atoms with Crippen LogP contribution in [-0.4, -0.2) is 72.7 Å². The van der Waals surface area contributed by atoms with E-state index in [2.05, 4.69) is 32.9 Å². The molecule has 0 spiro atoms. The van der Waals surface area contributed by atoms with Gasteiger partial charge < -0.3 is 25.0 Å². The van der Waals surface area contributed by atoms with Crippen molar-refractivity contribution < 1.29 is 14.1 Å². The van der Waals surface area contributed by atoms with E-state index >= 15 is 0 Å². The van der Waals surface area contributed by atoms with Gasteiger partial charge in [0.1, 0.15) is 0 Å². The Bertz CT molecular complexity index is 1220. The SMILES string of the molecule is CCNCCNC(=O)CN(CC(=O)N(C)C1Cc2ccccc2C1)c1ccc(-c2nc(C)no2)cc1C. The Hall–Kier alpha value is -3.72. The van der Waals surface area contributed by atoms with Gasteiger partial charge in [0.15, 0.2) is 5.82 Å². The van der Waals surface area contributed by atoms with Crippen LogP contribution in [0.1, 0.15) is 29.4 Å². The average molecular weight is 505 g/mol. The third-order valence-electron chi connectivity index (χ3n) is 6.82. The number of rotatable bonds is 11. The van der Waals surface area contributed by atoms with Crippen molar-refractivity contribution in [2.75, 3.05) is 44.7 Å². The van der Waals surface area contributed by atoms with Gasteiger partial charge in [0, 0.05) is 37.4 Å². The van der Waals surface area contributed by atoms with Crippen LogP contribution in [0.5, 0.6) is 0 Å². The highest BCUT2D eigenvalue weighted by Gasteiger charge is 2.29. The van der Waals surface area contributed by atoms with Crippen LogP contribution in [0.25, 0.3) is 11.5 Å². The fraction of sp³-hybridized carbons (Fsp3) is 0.429. The van der Waals surface area contributed by atoms with Crippen molar-refractivity contribution >= 4 is 17.5 Å². The first-order valence-corrected chi connectivity index (χ1v) is 12.8. The molecule has 1 aromatic heterocycles. The molecule has 0 saturated carbocycles. The van der Waals surface area contributed by atoms with Gasteiger partial charge in [-0.15, -0.1) is 0 Å². The standard InChI is InChI=1S/C28H36N6O3/c1-5-29-12-13-30-26(35)17-34(25-11-10-23(14-19(25)2)28-31-20(3)32-37-28)18-27(36)33(4)24-15-21-8-6-7-9-22(21)16-24/h6-11,14,24,29H,5,12-13,15-18H2,1-4H3,(H,30,35).